The summed E-state index contributed by atoms with van der Waals surface area (Å²) in [5.41, 5.74) is 0.457. The van der Waals surface area contributed by atoms with Crippen molar-refractivity contribution in [3.63, 3.8) is 0 Å². The molecule has 0 amide bonds. The first-order chi connectivity index (χ1) is 7.02. The zero-order chi connectivity index (χ0) is 10.9. The molecule has 1 aliphatic rings. The van der Waals surface area contributed by atoms with Crippen molar-refractivity contribution in [2.24, 2.45) is 5.41 Å². The maximum atomic E-state index is 10.6. The fourth-order valence-corrected chi connectivity index (χ4v) is 3.58. The van der Waals surface area contributed by atoms with Gasteiger partial charge in [-0.3, -0.25) is 4.98 Å². The number of thioether (sulfide) groups is 1. The Morgan fingerprint density at radius 1 is 1.40 bits per heavy atom. The molecule has 2 heterocycles. The SMILES string of the molecule is CC1(C)CSCC(O)(c2cccnc2)C1. The molecule has 1 fully saturated rings. The van der Waals surface area contributed by atoms with Crippen LogP contribution < -0.4 is 0 Å². The summed E-state index contributed by atoms with van der Waals surface area (Å²) < 4.78 is 0. The molecule has 0 spiro atoms. The van der Waals surface area contributed by atoms with Crippen molar-refractivity contribution >= 4 is 11.8 Å². The summed E-state index contributed by atoms with van der Waals surface area (Å²) in [6.07, 6.45) is 4.34. The van der Waals surface area contributed by atoms with Crippen molar-refractivity contribution in [3.05, 3.63) is 30.1 Å². The summed E-state index contributed by atoms with van der Waals surface area (Å²) in [5, 5.41) is 10.6. The Hall–Kier alpha value is -0.540. The van der Waals surface area contributed by atoms with E-state index in [4.69, 9.17) is 0 Å². The lowest BCUT2D eigenvalue weighted by Crippen LogP contribution is -2.40. The van der Waals surface area contributed by atoms with Gasteiger partial charge in [0.15, 0.2) is 0 Å². The molecular weight excluding hydrogens is 206 g/mol. The van der Waals surface area contributed by atoms with Gasteiger partial charge in [0.25, 0.3) is 0 Å². The predicted octanol–water partition coefficient (Wildman–Crippen LogP) is 2.43. The highest BCUT2D eigenvalue weighted by Gasteiger charge is 2.40. The average Bonchev–Trinajstić information content (AvgIpc) is 2.17. The number of rotatable bonds is 1. The van der Waals surface area contributed by atoms with Crippen LogP contribution in [0.3, 0.4) is 0 Å². The lowest BCUT2D eigenvalue weighted by molar-refractivity contribution is 0.0153. The Morgan fingerprint density at radius 2 is 2.20 bits per heavy atom. The van der Waals surface area contributed by atoms with Gasteiger partial charge in [-0.2, -0.15) is 11.8 Å². The van der Waals surface area contributed by atoms with Gasteiger partial charge in [0.05, 0.1) is 0 Å². The van der Waals surface area contributed by atoms with Crippen LogP contribution in [0, 0.1) is 5.41 Å². The van der Waals surface area contributed by atoms with Crippen LogP contribution in [-0.2, 0) is 5.60 Å². The summed E-state index contributed by atoms with van der Waals surface area (Å²) in [6, 6.07) is 3.86. The summed E-state index contributed by atoms with van der Waals surface area (Å²) in [4.78, 5) is 4.08. The predicted molar refractivity (Wildman–Crippen MR) is 63.9 cm³/mol. The van der Waals surface area contributed by atoms with E-state index in [1.165, 1.54) is 0 Å². The molecule has 0 aliphatic carbocycles. The van der Waals surface area contributed by atoms with Crippen LogP contribution in [0.1, 0.15) is 25.8 Å². The van der Waals surface area contributed by atoms with Crippen LogP contribution in [0.4, 0.5) is 0 Å². The second-order valence-corrected chi connectivity index (χ2v) is 6.09. The van der Waals surface area contributed by atoms with E-state index in [0.717, 1.165) is 23.5 Å². The van der Waals surface area contributed by atoms with Gasteiger partial charge in [-0.25, -0.2) is 0 Å². The van der Waals surface area contributed by atoms with Gasteiger partial charge >= 0.3 is 0 Å². The van der Waals surface area contributed by atoms with Gasteiger partial charge in [-0.15, -0.1) is 0 Å². The standard InChI is InChI=1S/C12H17NOS/c1-11(2)7-12(14,9-15-8-11)10-4-3-5-13-6-10/h3-6,14H,7-9H2,1-2H3. The van der Waals surface area contributed by atoms with E-state index in [-0.39, 0.29) is 5.41 Å². The molecule has 1 aromatic heterocycles. The Kier molecular flexibility index (Phi) is 2.77. The molecule has 0 radical (unpaired) electrons. The lowest BCUT2D eigenvalue weighted by Gasteiger charge is -2.41. The Bertz CT molecular complexity index is 339. The molecule has 3 heteroatoms. The van der Waals surface area contributed by atoms with Crippen LogP contribution in [0.15, 0.2) is 24.5 Å². The highest BCUT2D eigenvalue weighted by Crippen LogP contribution is 2.43. The summed E-state index contributed by atoms with van der Waals surface area (Å²) in [7, 11) is 0. The van der Waals surface area contributed by atoms with Crippen molar-refractivity contribution in [2.75, 3.05) is 11.5 Å². The van der Waals surface area contributed by atoms with Crippen molar-refractivity contribution in [1.29, 1.82) is 0 Å². The second-order valence-electron chi connectivity index (χ2n) is 5.11. The number of hydrogen-bond acceptors (Lipinski definition) is 3. The normalized spacial score (nSPS) is 30.1. The maximum Gasteiger partial charge on any atom is 0.101 e. The Balaban J connectivity index is 2.27. The smallest absolute Gasteiger partial charge is 0.101 e. The Morgan fingerprint density at radius 3 is 2.80 bits per heavy atom. The van der Waals surface area contributed by atoms with Gasteiger partial charge < -0.3 is 5.11 Å². The Labute approximate surface area is 95.1 Å². The van der Waals surface area contributed by atoms with E-state index < -0.39 is 5.60 Å². The number of aliphatic hydroxyl groups is 1. The fourth-order valence-electron chi connectivity index (χ4n) is 2.21. The van der Waals surface area contributed by atoms with Crippen LogP contribution >= 0.6 is 11.8 Å². The highest BCUT2D eigenvalue weighted by molar-refractivity contribution is 7.99. The van der Waals surface area contributed by atoms with Crippen LogP contribution in [0.25, 0.3) is 0 Å². The van der Waals surface area contributed by atoms with Crippen molar-refractivity contribution in [3.8, 4) is 0 Å². The van der Waals surface area contributed by atoms with E-state index in [1.807, 2.05) is 23.9 Å². The van der Waals surface area contributed by atoms with E-state index >= 15 is 0 Å². The minimum atomic E-state index is -0.694. The molecule has 0 saturated carbocycles. The second kappa shape index (κ2) is 3.80. The minimum absolute atomic E-state index is 0.202. The third-order valence-corrected chi connectivity index (χ3v) is 4.47. The number of nitrogens with zero attached hydrogens (tertiary/aromatic N) is 1. The first-order valence-electron chi connectivity index (χ1n) is 5.23. The first-order valence-corrected chi connectivity index (χ1v) is 6.38. The summed E-state index contributed by atoms with van der Waals surface area (Å²) >= 11 is 1.83. The largest absolute Gasteiger partial charge is 0.384 e. The van der Waals surface area contributed by atoms with E-state index in [0.29, 0.717) is 0 Å². The van der Waals surface area contributed by atoms with E-state index in [1.54, 1.807) is 12.4 Å². The molecule has 1 saturated heterocycles. The quantitative estimate of drug-likeness (QED) is 0.794. The number of pyridine rings is 1. The van der Waals surface area contributed by atoms with Crippen LogP contribution in [-0.4, -0.2) is 21.6 Å². The van der Waals surface area contributed by atoms with Gasteiger partial charge in [-0.05, 0) is 23.7 Å². The average molecular weight is 223 g/mol. The zero-order valence-corrected chi connectivity index (χ0v) is 10.0. The topological polar surface area (TPSA) is 33.1 Å². The molecule has 2 rings (SSSR count). The monoisotopic (exact) mass is 223 g/mol. The molecule has 1 N–H and O–H groups in total. The molecule has 1 aromatic rings. The molecule has 1 aliphatic heterocycles. The molecule has 1 unspecified atom stereocenters. The van der Waals surface area contributed by atoms with E-state index in [9.17, 15) is 5.11 Å². The van der Waals surface area contributed by atoms with E-state index in [2.05, 4.69) is 18.8 Å². The van der Waals surface area contributed by atoms with Crippen molar-refractivity contribution in [1.82, 2.24) is 4.98 Å². The summed E-state index contributed by atoms with van der Waals surface area (Å²) in [5.74, 6) is 1.90. The third kappa shape index (κ3) is 2.34. The van der Waals surface area contributed by atoms with Crippen molar-refractivity contribution in [2.45, 2.75) is 25.9 Å². The number of hydrogen-bond donors (Lipinski definition) is 1. The molecular formula is C12H17NOS. The third-order valence-electron chi connectivity index (χ3n) is 2.80. The highest BCUT2D eigenvalue weighted by atomic mass is 32.2. The zero-order valence-electron chi connectivity index (χ0n) is 9.23. The molecule has 0 bridgehead atoms. The number of aromatic nitrogens is 1. The molecule has 0 aromatic carbocycles. The van der Waals surface area contributed by atoms with Gasteiger partial charge in [0.1, 0.15) is 5.60 Å². The molecule has 15 heavy (non-hydrogen) atoms. The van der Waals surface area contributed by atoms with Crippen molar-refractivity contribution < 1.29 is 5.11 Å². The molecule has 82 valence electrons. The summed E-state index contributed by atoms with van der Waals surface area (Å²) in [6.45, 7) is 4.42. The molecule has 1 atom stereocenters. The van der Waals surface area contributed by atoms with Gasteiger partial charge in [-0.1, -0.05) is 19.9 Å². The van der Waals surface area contributed by atoms with Crippen LogP contribution in [0.2, 0.25) is 0 Å². The minimum Gasteiger partial charge on any atom is -0.384 e. The molecule has 2 nitrogen and oxygen atoms in total. The first kappa shape index (κ1) is 11.0. The lowest BCUT2D eigenvalue weighted by atomic mass is 9.79. The van der Waals surface area contributed by atoms with Gasteiger partial charge in [0.2, 0.25) is 0 Å². The fraction of sp³-hybridized carbons (Fsp3) is 0.583. The van der Waals surface area contributed by atoms with Gasteiger partial charge in [0, 0.05) is 23.7 Å². The maximum absolute atomic E-state index is 10.6. The van der Waals surface area contributed by atoms with Crippen LogP contribution in [0.5, 0.6) is 0 Å².